The number of carbonyl (C=O) groups is 4. The molecule has 0 radical (unpaired) electrons. The van der Waals surface area contributed by atoms with Gasteiger partial charge in [0, 0.05) is 17.8 Å². The van der Waals surface area contributed by atoms with Crippen LogP contribution in [0.2, 0.25) is 0 Å². The number of anilines is 2. The van der Waals surface area contributed by atoms with E-state index < -0.39 is 114 Å². The van der Waals surface area contributed by atoms with Crippen LogP contribution >= 0.6 is 0 Å². The van der Waals surface area contributed by atoms with Crippen molar-refractivity contribution in [1.29, 1.82) is 0 Å². The summed E-state index contributed by atoms with van der Waals surface area (Å²) in [5.41, 5.74) is 4.68. The smallest absolute Gasteiger partial charge is 0.416 e. The zero-order valence-corrected chi connectivity index (χ0v) is 44.7. The van der Waals surface area contributed by atoms with Gasteiger partial charge in [-0.05, 0) is 111 Å². The average molecular weight is 1120 g/mol. The van der Waals surface area contributed by atoms with Crippen molar-refractivity contribution in [3.63, 3.8) is 0 Å². The summed E-state index contributed by atoms with van der Waals surface area (Å²) in [5.74, 6) is -1.15. The van der Waals surface area contributed by atoms with Gasteiger partial charge in [0.05, 0.1) is 88.7 Å². The predicted molar refractivity (Wildman–Crippen MR) is 277 cm³/mol. The molecule has 7 N–H and O–H groups in total. The summed E-state index contributed by atoms with van der Waals surface area (Å²) in [6.45, 7) is 8.24. The van der Waals surface area contributed by atoms with Crippen LogP contribution in [-0.4, -0.2) is 112 Å². The van der Waals surface area contributed by atoms with E-state index in [0.717, 1.165) is 47.5 Å². The number of esters is 1. The summed E-state index contributed by atoms with van der Waals surface area (Å²) in [4.78, 5) is 54.9. The van der Waals surface area contributed by atoms with Gasteiger partial charge in [0.2, 0.25) is 5.91 Å². The van der Waals surface area contributed by atoms with Crippen LogP contribution in [0.1, 0.15) is 69.7 Å². The van der Waals surface area contributed by atoms with E-state index in [2.05, 4.69) is 26.6 Å². The SMILES string of the molecule is COc1ccc(COCC2O[C@@H](O[C@@H]3C(NC(=O)Nc4cccc(C(F)(F)F)c4)COC(COCc4ccc(OC)cc4)[C@@H]3NC(=O)C(N)CCC(=O)OC(C)(C)C)C(NC(=O)Nc3cccc(C(F)(F)F)c3)[C@@H](C)[C@@H]2C)cc1. The van der Waals surface area contributed by atoms with Crippen molar-refractivity contribution in [3.8, 4) is 11.5 Å². The van der Waals surface area contributed by atoms with E-state index in [9.17, 15) is 45.5 Å². The average Bonchev–Trinajstić information content (AvgIpc) is 3.41. The molecule has 5 unspecified atom stereocenters. The molecule has 10 atom stereocenters. The number of urea groups is 2. The van der Waals surface area contributed by atoms with Crippen molar-refractivity contribution < 1.29 is 83.4 Å². The van der Waals surface area contributed by atoms with Crippen LogP contribution in [0.15, 0.2) is 97.1 Å². The Bertz CT molecular complexity index is 2640. The molecule has 2 aliphatic rings. The molecule has 0 spiro atoms. The summed E-state index contributed by atoms with van der Waals surface area (Å²) >= 11 is 0. The Morgan fingerprint density at radius 1 is 0.671 bits per heavy atom. The number of amides is 5. The van der Waals surface area contributed by atoms with Crippen LogP contribution in [-0.2, 0) is 63.6 Å². The fourth-order valence-corrected chi connectivity index (χ4v) is 8.77. The number of nitrogens with two attached hydrogens (primary N) is 1. The van der Waals surface area contributed by atoms with Gasteiger partial charge in [-0.15, -0.1) is 0 Å². The molecule has 4 aromatic carbocycles. The summed E-state index contributed by atoms with van der Waals surface area (Å²) < 4.78 is 131. The highest BCUT2D eigenvalue weighted by molar-refractivity contribution is 5.90. The first kappa shape index (κ1) is 61.5. The van der Waals surface area contributed by atoms with Gasteiger partial charge in [0.1, 0.15) is 29.3 Å². The van der Waals surface area contributed by atoms with E-state index in [1.54, 1.807) is 64.1 Å². The standard InChI is InChI=1S/C55H68F6N6O12/c1-31-32(2)46(67-52(71)64-38-13-9-11-36(25-38)55(59,60)61)50(77-43(31)29-74-26-33-14-18-39(72-6)19-15-33)78-48-42(65-51(70)63-37-12-8-10-35(24-37)54(56,57)58)28-76-44(30-75-27-34-16-20-40(73-7)21-17-34)47(48)66-49(69)41(62)22-23-45(68)79-53(3,4)5/h8-21,24-25,31-32,41-44,46-48,50H,22-23,26-30,62H2,1-7H3,(H,66,69)(H2,63,65,70)(H2,64,67,71)/t31-,32-,41?,42?,43?,44?,46?,47-,48+,50-/m0/s1. The van der Waals surface area contributed by atoms with E-state index in [0.29, 0.717) is 11.5 Å². The van der Waals surface area contributed by atoms with Crippen molar-refractivity contribution in [2.45, 2.75) is 127 Å². The molecule has 6 rings (SSSR count). The molecule has 2 aliphatic heterocycles. The highest BCUT2D eigenvalue weighted by atomic mass is 19.4. The molecule has 0 saturated carbocycles. The van der Waals surface area contributed by atoms with Gasteiger partial charge in [0.25, 0.3) is 0 Å². The van der Waals surface area contributed by atoms with Crippen LogP contribution in [0.5, 0.6) is 11.5 Å². The maximum absolute atomic E-state index is 14.3. The summed E-state index contributed by atoms with van der Waals surface area (Å²) in [6.07, 6.45) is -14.7. The maximum atomic E-state index is 14.3. The molecule has 2 saturated heterocycles. The Balaban J connectivity index is 1.36. The minimum absolute atomic E-state index is 0.0239. The number of hydrogen-bond acceptors (Lipinski definition) is 13. The normalized spacial score (nSPS) is 22.9. The van der Waals surface area contributed by atoms with Gasteiger partial charge >= 0.3 is 30.4 Å². The molecule has 18 nitrogen and oxygen atoms in total. The second-order valence-electron chi connectivity index (χ2n) is 20.2. The predicted octanol–water partition coefficient (Wildman–Crippen LogP) is 8.57. The van der Waals surface area contributed by atoms with Crippen LogP contribution in [0, 0.1) is 11.8 Å². The Kier molecular flexibility index (Phi) is 21.4. The lowest BCUT2D eigenvalue weighted by Gasteiger charge is -2.49. The fourth-order valence-electron chi connectivity index (χ4n) is 8.77. The molecule has 0 bridgehead atoms. The monoisotopic (exact) mass is 1120 g/mol. The molecule has 2 fully saturated rings. The molecule has 5 amide bonds. The van der Waals surface area contributed by atoms with Gasteiger partial charge in [-0.3, -0.25) is 9.59 Å². The number of benzene rings is 4. The van der Waals surface area contributed by atoms with Gasteiger partial charge < -0.3 is 70.2 Å². The number of methoxy groups -OCH3 is 2. The lowest BCUT2D eigenvalue weighted by atomic mass is 9.82. The molecular formula is C55H68F6N6O12. The molecule has 79 heavy (non-hydrogen) atoms. The highest BCUT2D eigenvalue weighted by Gasteiger charge is 2.50. The van der Waals surface area contributed by atoms with Crippen LogP contribution in [0.25, 0.3) is 0 Å². The molecule has 2 heterocycles. The number of alkyl halides is 6. The quantitative estimate of drug-likeness (QED) is 0.0340. The summed E-state index contributed by atoms with van der Waals surface area (Å²) in [7, 11) is 3.06. The third-order valence-corrected chi connectivity index (χ3v) is 13.2. The third-order valence-electron chi connectivity index (χ3n) is 13.2. The van der Waals surface area contributed by atoms with Gasteiger partial charge in [0.15, 0.2) is 6.29 Å². The minimum Gasteiger partial charge on any atom is -0.497 e. The first-order chi connectivity index (χ1) is 37.3. The Morgan fingerprint density at radius 3 is 1.67 bits per heavy atom. The lowest BCUT2D eigenvalue weighted by molar-refractivity contribution is -0.277. The Labute approximate surface area is 454 Å². The minimum atomic E-state index is -4.74. The molecule has 0 aromatic heterocycles. The maximum Gasteiger partial charge on any atom is 0.416 e. The largest absolute Gasteiger partial charge is 0.497 e. The van der Waals surface area contributed by atoms with Crippen LogP contribution < -0.4 is 41.8 Å². The zero-order valence-electron chi connectivity index (χ0n) is 44.7. The molecule has 0 aliphatic carbocycles. The van der Waals surface area contributed by atoms with Crippen molar-refractivity contribution in [2.75, 3.05) is 44.7 Å². The lowest BCUT2D eigenvalue weighted by Crippen LogP contribution is -2.69. The van der Waals surface area contributed by atoms with E-state index in [-0.39, 0.29) is 57.3 Å². The van der Waals surface area contributed by atoms with E-state index in [4.69, 9.17) is 43.6 Å². The van der Waals surface area contributed by atoms with Crippen LogP contribution in [0.4, 0.5) is 47.3 Å². The second-order valence-corrected chi connectivity index (χ2v) is 20.2. The topological polar surface area (TPSA) is 228 Å². The zero-order chi connectivity index (χ0) is 57.7. The third kappa shape index (κ3) is 18.4. The van der Waals surface area contributed by atoms with Gasteiger partial charge in [-0.2, -0.15) is 26.3 Å². The molecule has 24 heteroatoms. The first-order valence-corrected chi connectivity index (χ1v) is 25.4. The van der Waals surface area contributed by atoms with Crippen molar-refractivity contribution in [3.05, 3.63) is 119 Å². The Morgan fingerprint density at radius 2 is 1.18 bits per heavy atom. The first-order valence-electron chi connectivity index (χ1n) is 25.4. The fraction of sp³-hybridized carbons (Fsp3) is 0.491. The number of rotatable bonds is 21. The van der Waals surface area contributed by atoms with E-state index in [1.807, 2.05) is 19.1 Å². The number of ether oxygens (including phenoxy) is 8. The second kappa shape index (κ2) is 27.4. The van der Waals surface area contributed by atoms with Crippen molar-refractivity contribution in [1.82, 2.24) is 16.0 Å². The molecular weight excluding hydrogens is 1050 g/mol. The number of nitrogens with one attached hydrogen (secondary N) is 5. The van der Waals surface area contributed by atoms with Crippen LogP contribution in [0.3, 0.4) is 0 Å². The summed E-state index contributed by atoms with van der Waals surface area (Å²) in [5, 5.41) is 13.3. The summed E-state index contributed by atoms with van der Waals surface area (Å²) in [6, 6.07) is 15.1. The number of hydrogen-bond donors (Lipinski definition) is 6. The van der Waals surface area contributed by atoms with Crippen molar-refractivity contribution >= 4 is 35.3 Å². The number of halogens is 6. The number of carbonyl (C=O) groups excluding carboxylic acids is 4. The Hall–Kier alpha value is -6.70. The van der Waals surface area contributed by atoms with Gasteiger partial charge in [-0.1, -0.05) is 50.2 Å². The molecule has 4 aromatic rings. The highest BCUT2D eigenvalue weighted by Crippen LogP contribution is 2.36. The van der Waals surface area contributed by atoms with E-state index >= 15 is 0 Å². The molecule has 432 valence electrons. The van der Waals surface area contributed by atoms with E-state index in [1.165, 1.54) is 26.4 Å². The van der Waals surface area contributed by atoms with Crippen molar-refractivity contribution in [2.24, 2.45) is 17.6 Å². The van der Waals surface area contributed by atoms with Gasteiger partial charge in [-0.25, -0.2) is 9.59 Å².